The predicted molar refractivity (Wildman–Crippen MR) is 99.1 cm³/mol. The van der Waals surface area contributed by atoms with Crippen LogP contribution in [0.3, 0.4) is 0 Å². The van der Waals surface area contributed by atoms with Crippen LogP contribution >= 0.6 is 0 Å². The molecule has 0 saturated heterocycles. The second kappa shape index (κ2) is 6.36. The van der Waals surface area contributed by atoms with Gasteiger partial charge in [-0.15, -0.1) is 0 Å². The van der Waals surface area contributed by atoms with Crippen molar-refractivity contribution in [3.05, 3.63) is 107 Å². The molecule has 0 radical (unpaired) electrons. The predicted octanol–water partition coefficient (Wildman–Crippen LogP) is 4.86. The van der Waals surface area contributed by atoms with E-state index in [2.05, 4.69) is 0 Å². The molecule has 0 aliphatic rings. The Morgan fingerprint density at radius 1 is 0.800 bits per heavy atom. The highest BCUT2D eigenvalue weighted by atomic mass is 19.1. The molecular formula is C22H16FNO. The Morgan fingerprint density at radius 3 is 2.24 bits per heavy atom. The highest BCUT2D eigenvalue weighted by molar-refractivity contribution is 5.94. The van der Waals surface area contributed by atoms with Crippen LogP contribution in [0.15, 0.2) is 89.7 Å². The van der Waals surface area contributed by atoms with E-state index in [-0.39, 0.29) is 11.4 Å². The lowest BCUT2D eigenvalue weighted by Crippen LogP contribution is -2.20. The minimum Gasteiger partial charge on any atom is -0.304 e. The van der Waals surface area contributed by atoms with Gasteiger partial charge in [-0.1, -0.05) is 60.7 Å². The van der Waals surface area contributed by atoms with Crippen molar-refractivity contribution < 1.29 is 4.39 Å². The van der Waals surface area contributed by atoms with Crippen molar-refractivity contribution in [2.75, 3.05) is 0 Å². The van der Waals surface area contributed by atoms with Gasteiger partial charge >= 0.3 is 0 Å². The van der Waals surface area contributed by atoms with Crippen LogP contribution in [0, 0.1) is 5.82 Å². The SMILES string of the molecule is O=c1cc(-c2ccc(F)cc2)c2ccccc2n1Cc1ccccc1. The second-order valence-corrected chi connectivity index (χ2v) is 5.99. The smallest absolute Gasteiger partial charge is 0.251 e. The number of hydrogen-bond acceptors (Lipinski definition) is 1. The maximum Gasteiger partial charge on any atom is 0.251 e. The van der Waals surface area contributed by atoms with Crippen molar-refractivity contribution in [3.63, 3.8) is 0 Å². The van der Waals surface area contributed by atoms with E-state index in [0.717, 1.165) is 27.6 Å². The molecule has 2 nitrogen and oxygen atoms in total. The molecule has 4 aromatic rings. The first kappa shape index (κ1) is 15.3. The Bertz CT molecular complexity index is 1080. The fraction of sp³-hybridized carbons (Fsp3) is 0.0455. The first-order valence-electron chi connectivity index (χ1n) is 8.15. The number of aromatic nitrogens is 1. The standard InChI is InChI=1S/C22H16FNO/c23-18-12-10-17(11-13-18)20-14-22(25)24(15-16-6-2-1-3-7-16)21-9-5-4-8-19(20)21/h1-14H,15H2. The number of halogens is 1. The van der Waals surface area contributed by atoms with Gasteiger partial charge in [0, 0.05) is 11.5 Å². The van der Waals surface area contributed by atoms with Crippen LogP contribution in [0.1, 0.15) is 5.56 Å². The van der Waals surface area contributed by atoms with Gasteiger partial charge in [-0.05, 0) is 34.9 Å². The summed E-state index contributed by atoms with van der Waals surface area (Å²) in [7, 11) is 0. The van der Waals surface area contributed by atoms with E-state index in [1.54, 1.807) is 22.8 Å². The van der Waals surface area contributed by atoms with Crippen molar-refractivity contribution in [1.29, 1.82) is 0 Å². The van der Waals surface area contributed by atoms with Gasteiger partial charge < -0.3 is 4.57 Å². The van der Waals surface area contributed by atoms with Crippen LogP contribution in [0.4, 0.5) is 4.39 Å². The lowest BCUT2D eigenvalue weighted by atomic mass is 10.0. The van der Waals surface area contributed by atoms with Crippen LogP contribution < -0.4 is 5.56 Å². The van der Waals surface area contributed by atoms with Gasteiger partial charge in [0.1, 0.15) is 5.82 Å². The Labute approximate surface area is 144 Å². The molecule has 1 aromatic heterocycles. The molecular weight excluding hydrogens is 313 g/mol. The Balaban J connectivity index is 1.92. The van der Waals surface area contributed by atoms with Crippen LogP contribution in [-0.4, -0.2) is 4.57 Å². The van der Waals surface area contributed by atoms with E-state index < -0.39 is 0 Å². The molecule has 122 valence electrons. The molecule has 0 N–H and O–H groups in total. The zero-order chi connectivity index (χ0) is 17.2. The first-order chi connectivity index (χ1) is 12.2. The van der Waals surface area contributed by atoms with Crippen molar-refractivity contribution >= 4 is 10.9 Å². The topological polar surface area (TPSA) is 22.0 Å². The fourth-order valence-electron chi connectivity index (χ4n) is 3.13. The van der Waals surface area contributed by atoms with E-state index in [0.29, 0.717) is 6.54 Å². The minimum absolute atomic E-state index is 0.0677. The number of nitrogens with zero attached hydrogens (tertiary/aromatic N) is 1. The van der Waals surface area contributed by atoms with E-state index >= 15 is 0 Å². The van der Waals surface area contributed by atoms with Gasteiger partial charge in [-0.25, -0.2) is 4.39 Å². The molecule has 0 aliphatic heterocycles. The molecule has 1 heterocycles. The maximum atomic E-state index is 13.2. The van der Waals surface area contributed by atoms with Crippen molar-refractivity contribution in [1.82, 2.24) is 4.57 Å². The van der Waals surface area contributed by atoms with E-state index in [4.69, 9.17) is 0 Å². The van der Waals surface area contributed by atoms with Crippen LogP contribution in [0.25, 0.3) is 22.0 Å². The molecule has 0 aliphatic carbocycles. The summed E-state index contributed by atoms with van der Waals surface area (Å²) < 4.78 is 15.0. The monoisotopic (exact) mass is 329 g/mol. The van der Waals surface area contributed by atoms with Gasteiger partial charge in [0.25, 0.3) is 5.56 Å². The molecule has 0 amide bonds. The Morgan fingerprint density at radius 2 is 1.48 bits per heavy atom. The van der Waals surface area contributed by atoms with Crippen LogP contribution in [0.2, 0.25) is 0 Å². The number of fused-ring (bicyclic) bond motifs is 1. The minimum atomic E-state index is -0.287. The summed E-state index contributed by atoms with van der Waals surface area (Å²) in [6.07, 6.45) is 0. The number of para-hydroxylation sites is 1. The summed E-state index contributed by atoms with van der Waals surface area (Å²) >= 11 is 0. The molecule has 3 aromatic carbocycles. The lowest BCUT2D eigenvalue weighted by Gasteiger charge is -2.14. The molecule has 0 atom stereocenters. The number of rotatable bonds is 3. The zero-order valence-electron chi connectivity index (χ0n) is 13.5. The van der Waals surface area contributed by atoms with Gasteiger partial charge in [-0.3, -0.25) is 4.79 Å². The Kier molecular flexibility index (Phi) is 3.90. The summed E-state index contributed by atoms with van der Waals surface area (Å²) in [5, 5.41) is 0.977. The molecule has 0 saturated carbocycles. The highest BCUT2D eigenvalue weighted by Crippen LogP contribution is 2.27. The van der Waals surface area contributed by atoms with Crippen molar-refractivity contribution in [2.45, 2.75) is 6.54 Å². The molecule has 25 heavy (non-hydrogen) atoms. The third-order valence-electron chi connectivity index (χ3n) is 4.36. The third kappa shape index (κ3) is 2.96. The number of hydrogen-bond donors (Lipinski definition) is 0. The quantitative estimate of drug-likeness (QED) is 0.526. The van der Waals surface area contributed by atoms with Crippen molar-refractivity contribution in [3.8, 4) is 11.1 Å². The zero-order valence-corrected chi connectivity index (χ0v) is 13.5. The number of pyridine rings is 1. The summed E-state index contributed by atoms with van der Waals surface area (Å²) in [5.41, 5.74) is 3.54. The average Bonchev–Trinajstić information content (AvgIpc) is 2.65. The van der Waals surface area contributed by atoms with Crippen LogP contribution in [0.5, 0.6) is 0 Å². The van der Waals surface area contributed by atoms with Gasteiger partial charge in [-0.2, -0.15) is 0 Å². The first-order valence-corrected chi connectivity index (χ1v) is 8.15. The largest absolute Gasteiger partial charge is 0.304 e. The summed E-state index contributed by atoms with van der Waals surface area (Å²) in [5.74, 6) is -0.287. The molecule has 0 unspecified atom stereocenters. The molecule has 0 fully saturated rings. The normalized spacial score (nSPS) is 10.9. The number of benzene rings is 3. The lowest BCUT2D eigenvalue weighted by molar-refractivity contribution is 0.628. The highest BCUT2D eigenvalue weighted by Gasteiger charge is 2.10. The summed E-state index contributed by atoms with van der Waals surface area (Å²) in [6, 6.07) is 25.6. The molecule has 4 rings (SSSR count). The maximum absolute atomic E-state index is 13.2. The van der Waals surface area contributed by atoms with Crippen LogP contribution in [-0.2, 0) is 6.54 Å². The van der Waals surface area contributed by atoms with E-state index in [1.165, 1.54) is 12.1 Å². The molecule has 0 spiro atoms. The molecule has 0 bridgehead atoms. The molecule has 3 heteroatoms. The summed E-state index contributed by atoms with van der Waals surface area (Å²) in [4.78, 5) is 12.8. The second-order valence-electron chi connectivity index (χ2n) is 5.99. The van der Waals surface area contributed by atoms with Gasteiger partial charge in [0.2, 0.25) is 0 Å². The van der Waals surface area contributed by atoms with Crippen molar-refractivity contribution in [2.24, 2.45) is 0 Å². The fourth-order valence-corrected chi connectivity index (χ4v) is 3.13. The Hall–Kier alpha value is -3.20. The third-order valence-corrected chi connectivity index (χ3v) is 4.36. The van der Waals surface area contributed by atoms with Gasteiger partial charge in [0.15, 0.2) is 0 Å². The van der Waals surface area contributed by atoms with E-state index in [1.807, 2.05) is 54.6 Å². The summed E-state index contributed by atoms with van der Waals surface area (Å²) in [6.45, 7) is 0.518. The van der Waals surface area contributed by atoms with E-state index in [9.17, 15) is 9.18 Å². The average molecular weight is 329 g/mol. The van der Waals surface area contributed by atoms with Gasteiger partial charge in [0.05, 0.1) is 12.1 Å².